The fourth-order valence-corrected chi connectivity index (χ4v) is 1.96. The molecule has 0 saturated heterocycles. The molecule has 1 aromatic rings. The Morgan fingerprint density at radius 1 is 1.05 bits per heavy atom. The topological polar surface area (TPSA) is 65.7 Å². The quantitative estimate of drug-likeness (QED) is 0.734. The molecule has 0 aliphatic carbocycles. The zero-order valence-electron chi connectivity index (χ0n) is 12.4. The number of methoxy groups -OCH3 is 3. The minimum Gasteiger partial charge on any atom is -0.493 e. The Morgan fingerprint density at radius 3 is 1.95 bits per heavy atom. The number of hydrogen-bond acceptors (Lipinski definition) is 5. The number of nitrogens with two attached hydrogens (primary N) is 1. The van der Waals surface area contributed by atoms with Crippen LogP contribution in [0.25, 0.3) is 0 Å². The predicted octanol–water partition coefficient (Wildman–Crippen LogP) is 1.50. The Labute approximate surface area is 115 Å². The van der Waals surface area contributed by atoms with Crippen molar-refractivity contribution in [2.75, 3.05) is 34.5 Å². The van der Waals surface area contributed by atoms with E-state index in [0.29, 0.717) is 23.9 Å². The van der Waals surface area contributed by atoms with Crippen molar-refractivity contribution in [3.63, 3.8) is 0 Å². The molecule has 0 aromatic heterocycles. The maximum atomic E-state index is 5.49. The van der Waals surface area contributed by atoms with E-state index in [2.05, 4.69) is 19.2 Å². The molecule has 0 heterocycles. The maximum Gasteiger partial charge on any atom is 0.203 e. The summed E-state index contributed by atoms with van der Waals surface area (Å²) in [5.74, 6) is 1.94. The molecule has 0 aliphatic heterocycles. The summed E-state index contributed by atoms with van der Waals surface area (Å²) in [5.41, 5.74) is 6.50. The predicted molar refractivity (Wildman–Crippen MR) is 76.2 cm³/mol. The third-order valence-corrected chi connectivity index (χ3v) is 3.16. The summed E-state index contributed by atoms with van der Waals surface area (Å²) in [6, 6.07) is 3.94. The molecular formula is C14H24N2O3. The van der Waals surface area contributed by atoms with Gasteiger partial charge in [0.1, 0.15) is 0 Å². The lowest BCUT2D eigenvalue weighted by Gasteiger charge is -2.27. The molecule has 5 nitrogen and oxygen atoms in total. The average molecular weight is 268 g/mol. The van der Waals surface area contributed by atoms with Gasteiger partial charge in [-0.3, -0.25) is 0 Å². The highest BCUT2D eigenvalue weighted by molar-refractivity contribution is 5.55. The summed E-state index contributed by atoms with van der Waals surface area (Å²) in [6.07, 6.45) is 0. The van der Waals surface area contributed by atoms with Gasteiger partial charge in [-0.1, -0.05) is 13.8 Å². The van der Waals surface area contributed by atoms with Crippen molar-refractivity contribution < 1.29 is 14.2 Å². The smallest absolute Gasteiger partial charge is 0.203 e. The summed E-state index contributed by atoms with van der Waals surface area (Å²) in [4.78, 5) is 0. The summed E-state index contributed by atoms with van der Waals surface area (Å²) >= 11 is 0. The average Bonchev–Trinajstić information content (AvgIpc) is 2.43. The second-order valence-electron chi connectivity index (χ2n) is 4.93. The molecule has 0 atom stereocenters. The SMILES string of the molecule is COc1cc(C(C)(C)CNCN)cc(OC)c1OC. The summed E-state index contributed by atoms with van der Waals surface area (Å²) < 4.78 is 16.1. The molecule has 0 bridgehead atoms. The third kappa shape index (κ3) is 3.52. The Balaban J connectivity index is 3.22. The van der Waals surface area contributed by atoms with Crippen molar-refractivity contribution in [3.8, 4) is 17.2 Å². The summed E-state index contributed by atoms with van der Waals surface area (Å²) in [6.45, 7) is 5.49. The first-order valence-corrected chi connectivity index (χ1v) is 6.21. The van der Waals surface area contributed by atoms with Crippen molar-refractivity contribution in [2.24, 2.45) is 5.73 Å². The Bertz CT molecular complexity index is 394. The van der Waals surface area contributed by atoms with Crippen LogP contribution >= 0.6 is 0 Å². The molecule has 19 heavy (non-hydrogen) atoms. The van der Waals surface area contributed by atoms with Gasteiger partial charge in [-0.05, 0) is 17.7 Å². The van der Waals surface area contributed by atoms with Crippen LogP contribution in [0.1, 0.15) is 19.4 Å². The molecule has 0 aliphatic rings. The molecule has 108 valence electrons. The standard InChI is InChI=1S/C14H24N2O3/c1-14(2,8-16-9-15)10-6-11(17-3)13(19-5)12(7-10)18-4/h6-7,16H,8-9,15H2,1-5H3. The molecule has 0 unspecified atom stereocenters. The lowest BCUT2D eigenvalue weighted by molar-refractivity contribution is 0.322. The number of hydrogen-bond donors (Lipinski definition) is 2. The number of ether oxygens (including phenoxy) is 3. The molecule has 0 radical (unpaired) electrons. The maximum absolute atomic E-state index is 5.49. The highest BCUT2D eigenvalue weighted by Crippen LogP contribution is 2.41. The fourth-order valence-electron chi connectivity index (χ4n) is 1.96. The molecule has 1 rings (SSSR count). The van der Waals surface area contributed by atoms with Crippen LogP contribution in [0, 0.1) is 0 Å². The minimum absolute atomic E-state index is 0.0911. The summed E-state index contributed by atoms with van der Waals surface area (Å²) in [5, 5.41) is 3.16. The van der Waals surface area contributed by atoms with Gasteiger partial charge in [0.15, 0.2) is 11.5 Å². The highest BCUT2D eigenvalue weighted by Gasteiger charge is 2.24. The molecule has 0 spiro atoms. The van der Waals surface area contributed by atoms with Gasteiger partial charge in [-0.25, -0.2) is 0 Å². The Kier molecular flexibility index (Phi) is 5.44. The van der Waals surface area contributed by atoms with E-state index in [4.69, 9.17) is 19.9 Å². The zero-order chi connectivity index (χ0) is 14.5. The molecule has 0 amide bonds. The largest absolute Gasteiger partial charge is 0.493 e. The lowest BCUT2D eigenvalue weighted by Crippen LogP contribution is -2.36. The van der Waals surface area contributed by atoms with Gasteiger partial charge in [0, 0.05) is 18.6 Å². The Morgan fingerprint density at radius 2 is 1.58 bits per heavy atom. The van der Waals surface area contributed by atoms with Gasteiger partial charge in [0.25, 0.3) is 0 Å². The second-order valence-corrected chi connectivity index (χ2v) is 4.93. The van der Waals surface area contributed by atoms with Gasteiger partial charge in [-0.2, -0.15) is 0 Å². The molecule has 0 saturated carbocycles. The first kappa shape index (κ1) is 15.6. The van der Waals surface area contributed by atoms with Gasteiger partial charge < -0.3 is 25.3 Å². The van der Waals surface area contributed by atoms with Gasteiger partial charge >= 0.3 is 0 Å². The number of nitrogens with one attached hydrogen (secondary N) is 1. The molecule has 3 N–H and O–H groups in total. The van der Waals surface area contributed by atoms with Crippen LogP contribution in [0.15, 0.2) is 12.1 Å². The van der Waals surface area contributed by atoms with Gasteiger partial charge in [0.2, 0.25) is 5.75 Å². The van der Waals surface area contributed by atoms with Crippen LogP contribution in [0.2, 0.25) is 0 Å². The van der Waals surface area contributed by atoms with E-state index < -0.39 is 0 Å². The van der Waals surface area contributed by atoms with E-state index in [9.17, 15) is 0 Å². The lowest BCUT2D eigenvalue weighted by atomic mass is 9.84. The van der Waals surface area contributed by atoms with E-state index >= 15 is 0 Å². The van der Waals surface area contributed by atoms with Crippen molar-refractivity contribution in [2.45, 2.75) is 19.3 Å². The van der Waals surface area contributed by atoms with Gasteiger partial charge in [-0.15, -0.1) is 0 Å². The third-order valence-electron chi connectivity index (χ3n) is 3.16. The first-order chi connectivity index (χ1) is 9.00. The van der Waals surface area contributed by atoms with Crippen LogP contribution in [0.4, 0.5) is 0 Å². The second kappa shape index (κ2) is 6.63. The van der Waals surface area contributed by atoms with E-state index in [-0.39, 0.29) is 5.41 Å². The number of benzene rings is 1. The van der Waals surface area contributed by atoms with Crippen LogP contribution in [0.5, 0.6) is 17.2 Å². The molecule has 0 fully saturated rings. The molecular weight excluding hydrogens is 244 g/mol. The van der Waals surface area contributed by atoms with Crippen molar-refractivity contribution in [3.05, 3.63) is 17.7 Å². The van der Waals surface area contributed by atoms with Crippen molar-refractivity contribution in [1.29, 1.82) is 0 Å². The molecule has 1 aromatic carbocycles. The van der Waals surface area contributed by atoms with E-state index in [0.717, 1.165) is 12.1 Å². The summed E-state index contributed by atoms with van der Waals surface area (Å²) in [7, 11) is 4.83. The van der Waals surface area contributed by atoms with Crippen LogP contribution < -0.4 is 25.3 Å². The van der Waals surface area contributed by atoms with Crippen molar-refractivity contribution >= 4 is 0 Å². The van der Waals surface area contributed by atoms with E-state index in [1.807, 2.05) is 12.1 Å². The van der Waals surface area contributed by atoms with E-state index in [1.54, 1.807) is 21.3 Å². The van der Waals surface area contributed by atoms with Crippen LogP contribution in [-0.4, -0.2) is 34.5 Å². The first-order valence-electron chi connectivity index (χ1n) is 6.21. The minimum atomic E-state index is -0.0911. The monoisotopic (exact) mass is 268 g/mol. The Hall–Kier alpha value is -1.46. The van der Waals surface area contributed by atoms with Crippen LogP contribution in [0.3, 0.4) is 0 Å². The number of rotatable bonds is 7. The van der Waals surface area contributed by atoms with Crippen molar-refractivity contribution in [1.82, 2.24) is 5.32 Å². The normalized spacial score (nSPS) is 11.3. The fraction of sp³-hybridized carbons (Fsp3) is 0.571. The van der Waals surface area contributed by atoms with Gasteiger partial charge in [0.05, 0.1) is 21.3 Å². The zero-order valence-corrected chi connectivity index (χ0v) is 12.4. The van der Waals surface area contributed by atoms with E-state index in [1.165, 1.54) is 0 Å². The van der Waals surface area contributed by atoms with Crippen LogP contribution in [-0.2, 0) is 5.41 Å². The molecule has 5 heteroatoms. The highest BCUT2D eigenvalue weighted by atomic mass is 16.5.